The normalized spacial score (nSPS) is 18.8. The number of aliphatic imine (C=N–C) groups is 1. The molecule has 5 nitrogen and oxygen atoms in total. The van der Waals surface area contributed by atoms with E-state index < -0.39 is 0 Å². The van der Waals surface area contributed by atoms with Crippen molar-refractivity contribution in [3.8, 4) is 0 Å². The predicted molar refractivity (Wildman–Crippen MR) is 100 cm³/mol. The Morgan fingerprint density at radius 2 is 2.21 bits per heavy atom. The molecule has 0 amide bonds. The summed E-state index contributed by atoms with van der Waals surface area (Å²) in [7, 11) is 0. The molecule has 0 radical (unpaired) electrons. The summed E-state index contributed by atoms with van der Waals surface area (Å²) in [5.41, 5.74) is 9.62. The minimum Gasteiger partial charge on any atom is -0.370 e. The highest BCUT2D eigenvalue weighted by Gasteiger charge is 2.21. The molecule has 3 N–H and O–H groups in total. The summed E-state index contributed by atoms with van der Waals surface area (Å²) in [5, 5.41) is 9.29. The number of aromatic nitrogens is 1. The Kier molecular flexibility index (Phi) is 4.00. The average Bonchev–Trinajstić information content (AvgIpc) is 3.21. The van der Waals surface area contributed by atoms with E-state index in [1.54, 1.807) is 0 Å². The molecule has 126 valence electrons. The van der Waals surface area contributed by atoms with E-state index in [-0.39, 0.29) is 0 Å². The molecule has 4 rings (SSSR count). The van der Waals surface area contributed by atoms with Crippen molar-refractivity contribution in [3.05, 3.63) is 35.0 Å². The number of hydrogen-bond acceptors (Lipinski definition) is 4. The molecular formula is C19H25N5. The van der Waals surface area contributed by atoms with Gasteiger partial charge in [0.1, 0.15) is 5.84 Å². The third-order valence-corrected chi connectivity index (χ3v) is 4.90. The third-order valence-electron chi connectivity index (χ3n) is 4.90. The first kappa shape index (κ1) is 15.2. The number of nitrogens with one attached hydrogen (secondary N) is 3. The van der Waals surface area contributed by atoms with Crippen LogP contribution in [-0.4, -0.2) is 36.2 Å². The molecule has 0 saturated carbocycles. The number of nitrogens with zero attached hydrogens (tertiary/aromatic N) is 2. The van der Waals surface area contributed by atoms with Crippen molar-refractivity contribution in [3.63, 3.8) is 0 Å². The monoisotopic (exact) mass is 323 g/mol. The van der Waals surface area contributed by atoms with E-state index in [4.69, 9.17) is 5.10 Å². The van der Waals surface area contributed by atoms with Gasteiger partial charge in [0.05, 0.1) is 18.8 Å². The fourth-order valence-electron chi connectivity index (χ4n) is 3.59. The summed E-state index contributed by atoms with van der Waals surface area (Å²) in [6, 6.07) is 6.78. The summed E-state index contributed by atoms with van der Waals surface area (Å²) in [5.74, 6) is 1.55. The molecule has 0 saturated heterocycles. The van der Waals surface area contributed by atoms with Gasteiger partial charge in [0.15, 0.2) is 0 Å². The molecule has 1 aliphatic carbocycles. The van der Waals surface area contributed by atoms with Crippen molar-refractivity contribution in [2.24, 2.45) is 10.1 Å². The van der Waals surface area contributed by atoms with Gasteiger partial charge in [0.25, 0.3) is 0 Å². The number of aryl methyl sites for hydroxylation is 1. The van der Waals surface area contributed by atoms with Crippen LogP contribution in [0.1, 0.15) is 49.4 Å². The third kappa shape index (κ3) is 2.79. The summed E-state index contributed by atoms with van der Waals surface area (Å²) in [6.45, 7) is 6.98. The van der Waals surface area contributed by atoms with Crippen LogP contribution in [0.15, 0.2) is 28.3 Å². The first-order chi connectivity index (χ1) is 11.7. The molecule has 1 aromatic carbocycles. The minimum atomic E-state index is 0.536. The second kappa shape index (κ2) is 6.30. The van der Waals surface area contributed by atoms with E-state index >= 15 is 0 Å². The largest absolute Gasteiger partial charge is 0.370 e. The van der Waals surface area contributed by atoms with E-state index in [0.717, 1.165) is 38.2 Å². The van der Waals surface area contributed by atoms with Crippen LogP contribution < -0.4 is 10.7 Å². The Hall–Kier alpha value is -2.30. The van der Waals surface area contributed by atoms with Crippen LogP contribution in [0.2, 0.25) is 0 Å². The zero-order valence-electron chi connectivity index (χ0n) is 14.4. The summed E-state index contributed by atoms with van der Waals surface area (Å²) in [6.07, 6.45) is 3.28. The number of aromatic amines is 1. The maximum atomic E-state index is 4.71. The Morgan fingerprint density at radius 3 is 3.00 bits per heavy atom. The number of amidine groups is 1. The number of H-pyrrole nitrogens is 1. The lowest BCUT2D eigenvalue weighted by Crippen LogP contribution is -2.29. The van der Waals surface area contributed by atoms with E-state index in [1.807, 2.05) is 0 Å². The van der Waals surface area contributed by atoms with E-state index in [2.05, 4.69) is 52.8 Å². The van der Waals surface area contributed by atoms with Gasteiger partial charge in [-0.25, -0.2) is 0 Å². The van der Waals surface area contributed by atoms with Crippen molar-refractivity contribution in [1.29, 1.82) is 0 Å². The molecule has 2 aliphatic rings. The maximum Gasteiger partial charge on any atom is 0.118 e. The van der Waals surface area contributed by atoms with Crippen molar-refractivity contribution < 1.29 is 0 Å². The molecule has 0 atom stereocenters. The molecule has 1 aliphatic heterocycles. The van der Waals surface area contributed by atoms with Crippen molar-refractivity contribution in [2.45, 2.75) is 39.0 Å². The molecule has 2 aromatic rings. The van der Waals surface area contributed by atoms with E-state index in [0.29, 0.717) is 12.5 Å². The lowest BCUT2D eigenvalue weighted by molar-refractivity contribution is 0.783. The SMILES string of the molecule is CC(C)c1ccc2[nH]c3c(c2c1)C(=NNCC1=NCCN1)CCC3. The minimum absolute atomic E-state index is 0.536. The van der Waals surface area contributed by atoms with E-state index in [1.165, 1.54) is 33.4 Å². The molecule has 0 fully saturated rings. The number of hydrogen-bond donors (Lipinski definition) is 3. The molecule has 5 heteroatoms. The molecule has 24 heavy (non-hydrogen) atoms. The summed E-state index contributed by atoms with van der Waals surface area (Å²) >= 11 is 0. The predicted octanol–water partition coefficient (Wildman–Crippen LogP) is 2.92. The molecule has 1 aromatic heterocycles. The fourth-order valence-corrected chi connectivity index (χ4v) is 3.59. The van der Waals surface area contributed by atoms with Crippen LogP contribution >= 0.6 is 0 Å². The quantitative estimate of drug-likeness (QED) is 0.758. The first-order valence-corrected chi connectivity index (χ1v) is 8.94. The highest BCUT2D eigenvalue weighted by Crippen LogP contribution is 2.31. The van der Waals surface area contributed by atoms with Crippen LogP contribution in [-0.2, 0) is 6.42 Å². The zero-order valence-corrected chi connectivity index (χ0v) is 14.4. The highest BCUT2D eigenvalue weighted by atomic mass is 15.3. The van der Waals surface area contributed by atoms with Crippen LogP contribution in [0.5, 0.6) is 0 Å². The fraction of sp³-hybridized carbons (Fsp3) is 0.474. The Balaban J connectivity index is 1.66. The lowest BCUT2D eigenvalue weighted by atomic mass is 9.92. The number of fused-ring (bicyclic) bond motifs is 3. The second-order valence-corrected chi connectivity index (χ2v) is 6.94. The van der Waals surface area contributed by atoms with Gasteiger partial charge < -0.3 is 15.7 Å². The Morgan fingerprint density at radius 1 is 1.29 bits per heavy atom. The van der Waals surface area contributed by atoms with Gasteiger partial charge in [-0.3, -0.25) is 4.99 Å². The Bertz CT molecular complexity index is 813. The standard InChI is InChI=1S/C19H25N5/c1-12(2)13-6-7-15-14(10-13)19-16(23-15)4-3-5-17(19)24-22-11-18-20-8-9-21-18/h6-7,10,12,22-23H,3-5,8-9,11H2,1-2H3,(H,20,21). The van der Waals surface area contributed by atoms with Crippen molar-refractivity contribution in [2.75, 3.05) is 19.6 Å². The van der Waals surface area contributed by atoms with Gasteiger partial charge >= 0.3 is 0 Å². The second-order valence-electron chi connectivity index (χ2n) is 6.94. The van der Waals surface area contributed by atoms with Gasteiger partial charge in [-0.15, -0.1) is 0 Å². The topological polar surface area (TPSA) is 64.6 Å². The molecule has 0 unspecified atom stereocenters. The summed E-state index contributed by atoms with van der Waals surface area (Å²) < 4.78 is 0. The van der Waals surface area contributed by atoms with Crippen LogP contribution in [0.3, 0.4) is 0 Å². The van der Waals surface area contributed by atoms with Gasteiger partial charge in [-0.1, -0.05) is 19.9 Å². The number of hydrazone groups is 1. The lowest BCUT2D eigenvalue weighted by Gasteiger charge is -2.15. The van der Waals surface area contributed by atoms with Gasteiger partial charge in [0.2, 0.25) is 0 Å². The molecular weight excluding hydrogens is 298 g/mol. The Labute approximate surface area is 142 Å². The highest BCUT2D eigenvalue weighted by molar-refractivity contribution is 6.12. The molecule has 0 spiro atoms. The van der Waals surface area contributed by atoms with Crippen molar-refractivity contribution >= 4 is 22.5 Å². The van der Waals surface area contributed by atoms with Gasteiger partial charge in [-0.05, 0) is 42.9 Å². The summed E-state index contributed by atoms with van der Waals surface area (Å²) in [4.78, 5) is 8.00. The van der Waals surface area contributed by atoms with E-state index in [9.17, 15) is 0 Å². The maximum absolute atomic E-state index is 4.71. The van der Waals surface area contributed by atoms with Crippen LogP contribution in [0.4, 0.5) is 0 Å². The van der Waals surface area contributed by atoms with Crippen LogP contribution in [0.25, 0.3) is 10.9 Å². The number of rotatable bonds is 4. The first-order valence-electron chi connectivity index (χ1n) is 8.94. The average molecular weight is 323 g/mol. The van der Waals surface area contributed by atoms with Crippen LogP contribution in [0, 0.1) is 0 Å². The molecule has 2 heterocycles. The van der Waals surface area contributed by atoms with Gasteiger partial charge in [-0.2, -0.15) is 5.10 Å². The molecule has 0 bridgehead atoms. The zero-order chi connectivity index (χ0) is 16.5. The number of benzene rings is 1. The van der Waals surface area contributed by atoms with Gasteiger partial charge in [0, 0.05) is 28.7 Å². The smallest absolute Gasteiger partial charge is 0.118 e. The van der Waals surface area contributed by atoms with Crippen molar-refractivity contribution in [1.82, 2.24) is 15.7 Å².